The summed E-state index contributed by atoms with van der Waals surface area (Å²) in [6.07, 6.45) is -0.224. The van der Waals surface area contributed by atoms with E-state index in [2.05, 4.69) is 0 Å². The minimum atomic E-state index is -1.17. The van der Waals surface area contributed by atoms with E-state index in [9.17, 15) is 9.59 Å². The van der Waals surface area contributed by atoms with Gasteiger partial charge in [0.25, 0.3) is 0 Å². The van der Waals surface area contributed by atoms with Gasteiger partial charge in [-0.15, -0.1) is 0 Å². The maximum Gasteiger partial charge on any atom is 0.320 e. The van der Waals surface area contributed by atoms with Gasteiger partial charge in [-0.1, -0.05) is 0 Å². The minimum Gasteiger partial charge on any atom is -0.481 e. The van der Waals surface area contributed by atoms with Crippen molar-refractivity contribution in [3.8, 4) is 0 Å². The normalized spacial score (nSPS) is 11.4. The van der Waals surface area contributed by atoms with Crippen molar-refractivity contribution in [3.05, 3.63) is 0 Å². The molecule has 0 aliphatic carbocycles. The van der Waals surface area contributed by atoms with Gasteiger partial charge in [0, 0.05) is 25.9 Å². The molecule has 0 heterocycles. The Balaban J connectivity index is 0. The van der Waals surface area contributed by atoms with Gasteiger partial charge in [0.1, 0.15) is 6.04 Å². The topological polar surface area (TPSA) is 101 Å². The molecule has 0 spiro atoms. The SMILES string of the molecule is N[C@@H](CCC(=O)O)C(=O)O.[Zn]. The first kappa shape index (κ1) is 13.1. The fourth-order valence-electron chi connectivity index (χ4n) is 0.402. The Morgan fingerprint density at radius 1 is 1.36 bits per heavy atom. The maximum atomic E-state index is 9.99. The number of hydrogen-bond donors (Lipinski definition) is 3. The molecule has 0 bridgehead atoms. The third kappa shape index (κ3) is 7.42. The van der Waals surface area contributed by atoms with Crippen LogP contribution in [0.4, 0.5) is 0 Å². The summed E-state index contributed by atoms with van der Waals surface area (Å²) in [6.45, 7) is 0. The number of carboxylic acid groups (broad SMARTS) is 2. The average molecular weight is 213 g/mol. The molecule has 0 aromatic carbocycles. The van der Waals surface area contributed by atoms with Crippen LogP contribution < -0.4 is 5.73 Å². The van der Waals surface area contributed by atoms with E-state index in [0.717, 1.165) is 0 Å². The van der Waals surface area contributed by atoms with Gasteiger partial charge < -0.3 is 15.9 Å². The molecule has 0 aliphatic rings. The Morgan fingerprint density at radius 3 is 2.09 bits per heavy atom. The van der Waals surface area contributed by atoms with E-state index in [4.69, 9.17) is 15.9 Å². The number of rotatable bonds is 4. The molecule has 0 amide bonds. The summed E-state index contributed by atoms with van der Waals surface area (Å²) in [5.74, 6) is -2.20. The van der Waals surface area contributed by atoms with Gasteiger partial charge in [-0.25, -0.2) is 0 Å². The molecule has 0 rings (SSSR count). The fourth-order valence-corrected chi connectivity index (χ4v) is 0.402. The molecule has 0 fully saturated rings. The second kappa shape index (κ2) is 6.25. The van der Waals surface area contributed by atoms with Crippen molar-refractivity contribution in [1.29, 1.82) is 0 Å². The van der Waals surface area contributed by atoms with E-state index in [0.29, 0.717) is 0 Å². The first-order chi connectivity index (χ1) is 4.54. The van der Waals surface area contributed by atoms with Crippen LogP contribution >= 0.6 is 0 Å². The quantitative estimate of drug-likeness (QED) is 0.533. The standard InChI is InChI=1S/C5H9NO4.Zn/c6-3(5(9)10)1-2-4(7)8;/h3H,1-2,6H2,(H,7,8)(H,9,10);/t3-;/m0./s1. The predicted octanol–water partition coefficient (Wildman–Crippen LogP) is -0.739. The summed E-state index contributed by atoms with van der Waals surface area (Å²) in [5.41, 5.74) is 5.00. The van der Waals surface area contributed by atoms with E-state index in [-0.39, 0.29) is 32.3 Å². The van der Waals surface area contributed by atoms with E-state index in [1.807, 2.05) is 0 Å². The van der Waals surface area contributed by atoms with Gasteiger partial charge in [-0.05, 0) is 6.42 Å². The van der Waals surface area contributed by atoms with E-state index in [1.165, 1.54) is 0 Å². The molecule has 0 saturated heterocycles. The van der Waals surface area contributed by atoms with Crippen LogP contribution in [0.1, 0.15) is 12.8 Å². The number of aliphatic carboxylic acids is 2. The van der Waals surface area contributed by atoms with Crippen molar-refractivity contribution in [3.63, 3.8) is 0 Å². The van der Waals surface area contributed by atoms with Gasteiger partial charge in [0.2, 0.25) is 0 Å². The minimum absolute atomic E-state index is 0. The Labute approximate surface area is 76.3 Å². The molecule has 6 heteroatoms. The Kier molecular flexibility index (Phi) is 7.46. The first-order valence-corrected chi connectivity index (χ1v) is 2.74. The second-order valence-corrected chi connectivity index (χ2v) is 1.88. The van der Waals surface area contributed by atoms with Crippen LogP contribution in [0.5, 0.6) is 0 Å². The Bertz CT molecular complexity index is 149. The molecule has 0 aliphatic heterocycles. The molecule has 0 unspecified atom stereocenters. The molecule has 0 aromatic heterocycles. The smallest absolute Gasteiger partial charge is 0.320 e. The van der Waals surface area contributed by atoms with Crippen molar-refractivity contribution in [2.75, 3.05) is 0 Å². The monoisotopic (exact) mass is 211 g/mol. The number of carbonyl (C=O) groups is 2. The average Bonchev–Trinajstić information content (AvgIpc) is 1.82. The largest absolute Gasteiger partial charge is 0.481 e. The third-order valence-corrected chi connectivity index (χ3v) is 0.986. The molecule has 11 heavy (non-hydrogen) atoms. The van der Waals surface area contributed by atoms with E-state index >= 15 is 0 Å². The Hall–Kier alpha value is -0.477. The third-order valence-electron chi connectivity index (χ3n) is 0.986. The fraction of sp³-hybridized carbons (Fsp3) is 0.600. The molecular formula is C5H9NO4Zn. The zero-order valence-corrected chi connectivity index (χ0v) is 8.95. The molecule has 1 atom stereocenters. The van der Waals surface area contributed by atoms with Crippen molar-refractivity contribution in [1.82, 2.24) is 0 Å². The van der Waals surface area contributed by atoms with Gasteiger partial charge >= 0.3 is 11.9 Å². The zero-order valence-electron chi connectivity index (χ0n) is 5.99. The first-order valence-electron chi connectivity index (χ1n) is 2.74. The van der Waals surface area contributed by atoms with Crippen LogP contribution in [0.15, 0.2) is 0 Å². The summed E-state index contributed by atoms with van der Waals surface area (Å²) >= 11 is 0. The molecular weight excluding hydrogens is 203 g/mol. The second-order valence-electron chi connectivity index (χ2n) is 1.88. The summed E-state index contributed by atoms with van der Waals surface area (Å²) < 4.78 is 0. The Morgan fingerprint density at radius 2 is 1.82 bits per heavy atom. The van der Waals surface area contributed by atoms with Crippen molar-refractivity contribution >= 4 is 11.9 Å². The van der Waals surface area contributed by atoms with Crippen molar-refractivity contribution in [2.24, 2.45) is 5.73 Å². The molecule has 0 radical (unpaired) electrons. The molecule has 4 N–H and O–H groups in total. The van der Waals surface area contributed by atoms with Crippen LogP contribution in [-0.4, -0.2) is 28.2 Å². The molecule has 0 saturated carbocycles. The van der Waals surface area contributed by atoms with Crippen LogP contribution in [0, 0.1) is 0 Å². The predicted molar refractivity (Wildman–Crippen MR) is 32.5 cm³/mol. The van der Waals surface area contributed by atoms with Crippen LogP contribution in [-0.2, 0) is 29.1 Å². The van der Waals surface area contributed by atoms with Crippen LogP contribution in [0.2, 0.25) is 0 Å². The number of nitrogens with two attached hydrogens (primary N) is 1. The molecule has 5 nitrogen and oxygen atoms in total. The number of hydrogen-bond acceptors (Lipinski definition) is 3. The van der Waals surface area contributed by atoms with Gasteiger partial charge in [-0.2, -0.15) is 0 Å². The molecule has 60 valence electrons. The summed E-state index contributed by atoms with van der Waals surface area (Å²) in [4.78, 5) is 19.9. The maximum absolute atomic E-state index is 9.99. The van der Waals surface area contributed by atoms with Crippen LogP contribution in [0.3, 0.4) is 0 Å². The van der Waals surface area contributed by atoms with Gasteiger partial charge in [0.05, 0.1) is 0 Å². The van der Waals surface area contributed by atoms with Crippen molar-refractivity contribution < 1.29 is 39.3 Å². The van der Waals surface area contributed by atoms with Crippen molar-refractivity contribution in [2.45, 2.75) is 18.9 Å². The summed E-state index contributed by atoms with van der Waals surface area (Å²) in [7, 11) is 0. The van der Waals surface area contributed by atoms with Gasteiger partial charge in [-0.3, -0.25) is 9.59 Å². The van der Waals surface area contributed by atoms with Crippen LogP contribution in [0.25, 0.3) is 0 Å². The summed E-state index contributed by atoms with van der Waals surface area (Å²) in [5, 5.41) is 16.3. The number of carboxylic acids is 2. The zero-order chi connectivity index (χ0) is 8.15. The van der Waals surface area contributed by atoms with Gasteiger partial charge in [0.15, 0.2) is 0 Å². The molecule has 0 aromatic rings. The summed E-state index contributed by atoms with van der Waals surface area (Å²) in [6, 6.07) is -1.06. The van der Waals surface area contributed by atoms with E-state index < -0.39 is 18.0 Å². The van der Waals surface area contributed by atoms with E-state index in [1.54, 1.807) is 0 Å².